The Morgan fingerprint density at radius 3 is 2.75 bits per heavy atom. The normalized spacial score (nSPS) is 11.3. The molecule has 8 nitrogen and oxygen atoms in total. The van der Waals surface area contributed by atoms with Crippen molar-refractivity contribution >= 4 is 33.4 Å². The van der Waals surface area contributed by atoms with Crippen LogP contribution in [0.1, 0.15) is 10.4 Å². The predicted molar refractivity (Wildman–Crippen MR) is 70.2 cm³/mol. The van der Waals surface area contributed by atoms with Gasteiger partial charge in [-0.3, -0.25) is 9.40 Å². The molecule has 0 radical (unpaired) electrons. The molecule has 0 aliphatic heterocycles. The molecule has 2 aromatic heterocycles. The highest BCUT2D eigenvalue weighted by molar-refractivity contribution is 7.92. The Morgan fingerprint density at radius 1 is 1.50 bits per heavy atom. The molecule has 0 aliphatic rings. The molecule has 20 heavy (non-hydrogen) atoms. The first-order chi connectivity index (χ1) is 9.31. The van der Waals surface area contributed by atoms with E-state index in [0.29, 0.717) is 0 Å². The summed E-state index contributed by atoms with van der Waals surface area (Å²) in [5.41, 5.74) is -0.0891. The van der Waals surface area contributed by atoms with E-state index in [0.717, 1.165) is 10.7 Å². The Labute approximate surface area is 119 Å². The van der Waals surface area contributed by atoms with Crippen molar-refractivity contribution in [1.82, 2.24) is 14.8 Å². The zero-order valence-corrected chi connectivity index (χ0v) is 11.7. The maximum atomic E-state index is 12.1. The maximum Gasteiger partial charge on any atom is 0.335 e. The largest absolute Gasteiger partial charge is 0.478 e. The summed E-state index contributed by atoms with van der Waals surface area (Å²) in [5.74, 6) is -1.31. The van der Waals surface area contributed by atoms with E-state index < -0.39 is 16.0 Å². The molecule has 0 bridgehead atoms. The van der Waals surface area contributed by atoms with Gasteiger partial charge in [0.05, 0.1) is 16.8 Å². The van der Waals surface area contributed by atoms with Crippen molar-refractivity contribution in [3.63, 3.8) is 0 Å². The summed E-state index contributed by atoms with van der Waals surface area (Å²) < 4.78 is 27.5. The lowest BCUT2D eigenvalue weighted by Crippen LogP contribution is -2.18. The number of rotatable bonds is 4. The molecule has 0 fully saturated rings. The third-order valence-corrected chi connectivity index (χ3v) is 4.20. The number of halogens is 1. The fraction of sp³-hybridized carbons (Fsp3) is 0.100. The molecule has 0 aromatic carbocycles. The number of hydrogen-bond acceptors (Lipinski definition) is 5. The molecule has 2 rings (SSSR count). The number of aromatic nitrogens is 3. The van der Waals surface area contributed by atoms with Gasteiger partial charge in [-0.25, -0.2) is 9.78 Å². The van der Waals surface area contributed by atoms with E-state index in [-0.39, 0.29) is 21.4 Å². The third kappa shape index (κ3) is 2.73. The van der Waals surface area contributed by atoms with Gasteiger partial charge in [-0.15, -0.1) is 0 Å². The van der Waals surface area contributed by atoms with Crippen LogP contribution in [0.5, 0.6) is 0 Å². The minimum Gasteiger partial charge on any atom is -0.478 e. The van der Waals surface area contributed by atoms with Gasteiger partial charge >= 0.3 is 5.97 Å². The summed E-state index contributed by atoms with van der Waals surface area (Å²) in [7, 11) is -2.59. The molecular formula is C10H9ClN4O4S. The fourth-order valence-electron chi connectivity index (χ4n) is 1.51. The molecule has 0 saturated heterocycles. The molecule has 0 unspecified atom stereocenters. The zero-order valence-electron chi connectivity index (χ0n) is 10.1. The van der Waals surface area contributed by atoms with Crippen LogP contribution in [0.2, 0.25) is 5.02 Å². The number of aryl methyl sites for hydroxylation is 1. The van der Waals surface area contributed by atoms with Gasteiger partial charge in [0.15, 0.2) is 5.03 Å². The Balaban J connectivity index is 2.39. The van der Waals surface area contributed by atoms with Crippen LogP contribution < -0.4 is 4.72 Å². The van der Waals surface area contributed by atoms with Crippen LogP contribution >= 0.6 is 11.6 Å². The molecule has 0 spiro atoms. The first kappa shape index (κ1) is 14.3. The number of anilines is 1. The van der Waals surface area contributed by atoms with Crippen molar-refractivity contribution in [1.29, 1.82) is 0 Å². The van der Waals surface area contributed by atoms with E-state index in [1.54, 1.807) is 0 Å². The van der Waals surface area contributed by atoms with Crippen molar-refractivity contribution in [2.75, 3.05) is 4.72 Å². The number of nitrogens with zero attached hydrogens (tertiary/aromatic N) is 3. The summed E-state index contributed by atoms with van der Waals surface area (Å²) in [5, 5.41) is 12.3. The van der Waals surface area contributed by atoms with Crippen LogP contribution in [0.15, 0.2) is 29.6 Å². The SMILES string of the molecule is Cn1ncc(Cl)c1S(=O)(=O)Nc1cc(C(=O)O)ccn1. The second kappa shape index (κ2) is 5.10. The monoisotopic (exact) mass is 316 g/mol. The number of carboxylic acids is 1. The van der Waals surface area contributed by atoms with E-state index in [9.17, 15) is 13.2 Å². The molecule has 0 amide bonds. The molecule has 10 heteroatoms. The number of aromatic carboxylic acids is 1. The third-order valence-electron chi connectivity index (χ3n) is 2.34. The predicted octanol–water partition coefficient (Wildman–Crippen LogP) is 0.967. The highest BCUT2D eigenvalue weighted by Crippen LogP contribution is 2.22. The average Bonchev–Trinajstić information content (AvgIpc) is 2.69. The van der Waals surface area contributed by atoms with Gasteiger partial charge in [0, 0.05) is 13.2 Å². The molecule has 106 valence electrons. The lowest BCUT2D eigenvalue weighted by Gasteiger charge is -2.08. The van der Waals surface area contributed by atoms with Crippen LogP contribution in [-0.4, -0.2) is 34.3 Å². The van der Waals surface area contributed by atoms with E-state index in [4.69, 9.17) is 16.7 Å². The van der Waals surface area contributed by atoms with Crippen LogP contribution in [-0.2, 0) is 17.1 Å². The first-order valence-electron chi connectivity index (χ1n) is 5.21. The minimum atomic E-state index is -4.01. The summed E-state index contributed by atoms with van der Waals surface area (Å²) >= 11 is 5.76. The van der Waals surface area contributed by atoms with Crippen molar-refractivity contribution in [3.8, 4) is 0 Å². The molecule has 0 saturated carbocycles. The molecule has 2 aromatic rings. The standard InChI is InChI=1S/C10H9ClN4O4S/c1-15-9(7(11)5-13-15)20(18,19)14-8-4-6(10(16)17)2-3-12-8/h2-5H,1H3,(H,12,14)(H,16,17). The van der Waals surface area contributed by atoms with E-state index in [1.165, 1.54) is 25.5 Å². The van der Waals surface area contributed by atoms with Gasteiger partial charge in [-0.2, -0.15) is 13.5 Å². The topological polar surface area (TPSA) is 114 Å². The van der Waals surface area contributed by atoms with Gasteiger partial charge in [0.25, 0.3) is 10.0 Å². The van der Waals surface area contributed by atoms with Crippen molar-refractivity contribution in [3.05, 3.63) is 35.1 Å². The molecular weight excluding hydrogens is 308 g/mol. The fourth-order valence-corrected chi connectivity index (χ4v) is 3.17. The van der Waals surface area contributed by atoms with Gasteiger partial charge in [-0.1, -0.05) is 11.6 Å². The van der Waals surface area contributed by atoms with Crippen LogP contribution in [0.4, 0.5) is 5.82 Å². The lowest BCUT2D eigenvalue weighted by atomic mass is 10.3. The maximum absolute atomic E-state index is 12.1. The van der Waals surface area contributed by atoms with Gasteiger partial charge in [0.2, 0.25) is 0 Å². The molecule has 0 atom stereocenters. The first-order valence-corrected chi connectivity index (χ1v) is 7.07. The Hall–Kier alpha value is -2.13. The Morgan fingerprint density at radius 2 is 2.20 bits per heavy atom. The Bertz CT molecular complexity index is 752. The number of hydrogen-bond donors (Lipinski definition) is 2. The Kier molecular flexibility index (Phi) is 3.64. The number of pyridine rings is 1. The van der Waals surface area contributed by atoms with Crippen LogP contribution in [0.3, 0.4) is 0 Å². The van der Waals surface area contributed by atoms with Crippen molar-refractivity contribution in [2.24, 2.45) is 7.05 Å². The average molecular weight is 317 g/mol. The summed E-state index contributed by atoms with van der Waals surface area (Å²) in [6, 6.07) is 2.35. The minimum absolute atomic E-state index is 0.0469. The second-order valence-electron chi connectivity index (χ2n) is 3.76. The van der Waals surface area contributed by atoms with E-state index in [2.05, 4.69) is 14.8 Å². The zero-order chi connectivity index (χ0) is 14.9. The summed E-state index contributed by atoms with van der Waals surface area (Å²) in [6.45, 7) is 0. The summed E-state index contributed by atoms with van der Waals surface area (Å²) in [6.07, 6.45) is 2.38. The van der Waals surface area contributed by atoms with Crippen LogP contribution in [0.25, 0.3) is 0 Å². The molecule has 2 heterocycles. The highest BCUT2D eigenvalue weighted by Gasteiger charge is 2.23. The quantitative estimate of drug-likeness (QED) is 0.868. The molecule has 0 aliphatic carbocycles. The van der Waals surface area contributed by atoms with Crippen LogP contribution in [0, 0.1) is 0 Å². The molecule has 2 N–H and O–H groups in total. The number of carboxylic acid groups (broad SMARTS) is 1. The van der Waals surface area contributed by atoms with E-state index >= 15 is 0 Å². The van der Waals surface area contributed by atoms with Gasteiger partial charge in [0.1, 0.15) is 5.82 Å². The number of carbonyl (C=O) groups is 1. The van der Waals surface area contributed by atoms with Crippen molar-refractivity contribution < 1.29 is 18.3 Å². The second-order valence-corrected chi connectivity index (χ2v) is 5.77. The summed E-state index contributed by atoms with van der Waals surface area (Å²) in [4.78, 5) is 14.6. The van der Waals surface area contributed by atoms with E-state index in [1.807, 2.05) is 0 Å². The van der Waals surface area contributed by atoms with Crippen molar-refractivity contribution in [2.45, 2.75) is 5.03 Å². The lowest BCUT2D eigenvalue weighted by molar-refractivity contribution is 0.0697. The van der Waals surface area contributed by atoms with Gasteiger partial charge < -0.3 is 5.11 Å². The van der Waals surface area contributed by atoms with Gasteiger partial charge in [-0.05, 0) is 12.1 Å². The highest BCUT2D eigenvalue weighted by atomic mass is 35.5. The number of nitrogens with one attached hydrogen (secondary N) is 1. The smallest absolute Gasteiger partial charge is 0.335 e. The number of sulfonamides is 1.